The Morgan fingerprint density at radius 1 is 1.13 bits per heavy atom. The number of ether oxygens (including phenoxy) is 1. The van der Waals surface area contributed by atoms with Crippen LogP contribution in [-0.2, 0) is 22.7 Å². The predicted octanol–water partition coefficient (Wildman–Crippen LogP) is 2.79. The fraction of sp³-hybridized carbons (Fsp3) is 0.118. The first-order chi connectivity index (χ1) is 11.1. The Kier molecular flexibility index (Phi) is 4.39. The van der Waals surface area contributed by atoms with Crippen LogP contribution in [0.15, 0.2) is 59.7 Å². The number of hydrogen-bond donors (Lipinski definition) is 0. The number of aromatic nitrogens is 2. The average molecular weight is 329 g/mol. The third-order valence-corrected chi connectivity index (χ3v) is 3.60. The SMILES string of the molecule is O=C(Cn1cnc2ccccc2c1=O)OCc1ccc(Cl)cc1. The predicted molar refractivity (Wildman–Crippen MR) is 87.3 cm³/mol. The summed E-state index contributed by atoms with van der Waals surface area (Å²) < 4.78 is 6.41. The molecular weight excluding hydrogens is 316 g/mol. The Hall–Kier alpha value is -2.66. The molecule has 0 bridgehead atoms. The molecule has 0 fully saturated rings. The second kappa shape index (κ2) is 6.62. The van der Waals surface area contributed by atoms with Crippen LogP contribution in [0.1, 0.15) is 5.56 Å². The summed E-state index contributed by atoms with van der Waals surface area (Å²) in [5, 5.41) is 1.09. The molecule has 0 N–H and O–H groups in total. The zero-order chi connectivity index (χ0) is 16.2. The highest BCUT2D eigenvalue weighted by atomic mass is 35.5. The molecule has 0 aliphatic rings. The van der Waals surface area contributed by atoms with Crippen molar-refractivity contribution in [3.05, 3.63) is 75.8 Å². The van der Waals surface area contributed by atoms with Crippen molar-refractivity contribution in [1.29, 1.82) is 0 Å². The fourth-order valence-electron chi connectivity index (χ4n) is 2.15. The normalized spacial score (nSPS) is 10.7. The van der Waals surface area contributed by atoms with Gasteiger partial charge in [-0.3, -0.25) is 14.2 Å². The molecule has 1 aromatic heterocycles. The van der Waals surface area contributed by atoms with Crippen molar-refractivity contribution >= 4 is 28.5 Å². The van der Waals surface area contributed by atoms with Gasteiger partial charge in [-0.05, 0) is 29.8 Å². The highest BCUT2D eigenvalue weighted by molar-refractivity contribution is 6.30. The summed E-state index contributed by atoms with van der Waals surface area (Å²) in [7, 11) is 0. The van der Waals surface area contributed by atoms with Crippen LogP contribution in [0, 0.1) is 0 Å². The van der Waals surface area contributed by atoms with Gasteiger partial charge in [0.1, 0.15) is 13.2 Å². The molecule has 0 spiro atoms. The minimum atomic E-state index is -0.501. The van der Waals surface area contributed by atoms with Gasteiger partial charge in [-0.25, -0.2) is 4.98 Å². The maximum atomic E-state index is 12.3. The van der Waals surface area contributed by atoms with Gasteiger partial charge < -0.3 is 4.74 Å². The van der Waals surface area contributed by atoms with Crippen molar-refractivity contribution in [1.82, 2.24) is 9.55 Å². The zero-order valence-electron chi connectivity index (χ0n) is 12.1. The van der Waals surface area contributed by atoms with Gasteiger partial charge in [-0.1, -0.05) is 35.9 Å². The third kappa shape index (κ3) is 3.57. The second-order valence-electron chi connectivity index (χ2n) is 4.98. The summed E-state index contributed by atoms with van der Waals surface area (Å²) in [6.07, 6.45) is 1.36. The van der Waals surface area contributed by atoms with Gasteiger partial charge in [0.25, 0.3) is 5.56 Å². The van der Waals surface area contributed by atoms with E-state index in [1.54, 1.807) is 48.5 Å². The highest BCUT2D eigenvalue weighted by Gasteiger charge is 2.09. The molecular formula is C17H13ClN2O3. The number of fused-ring (bicyclic) bond motifs is 1. The summed E-state index contributed by atoms with van der Waals surface area (Å²) in [4.78, 5) is 28.3. The Morgan fingerprint density at radius 3 is 2.65 bits per heavy atom. The van der Waals surface area contributed by atoms with Crippen molar-refractivity contribution in [2.45, 2.75) is 13.2 Å². The van der Waals surface area contributed by atoms with Crippen molar-refractivity contribution < 1.29 is 9.53 Å². The number of nitrogens with zero attached hydrogens (tertiary/aromatic N) is 2. The maximum Gasteiger partial charge on any atom is 0.326 e. The maximum absolute atomic E-state index is 12.3. The van der Waals surface area contributed by atoms with Gasteiger partial charge in [0.2, 0.25) is 0 Å². The molecule has 3 aromatic rings. The van der Waals surface area contributed by atoms with Gasteiger partial charge in [0.05, 0.1) is 17.2 Å². The molecule has 0 atom stereocenters. The number of carbonyl (C=O) groups excluding carboxylic acids is 1. The van der Waals surface area contributed by atoms with E-state index in [-0.39, 0.29) is 18.7 Å². The van der Waals surface area contributed by atoms with E-state index in [0.29, 0.717) is 15.9 Å². The van der Waals surface area contributed by atoms with Crippen LogP contribution < -0.4 is 5.56 Å². The highest BCUT2D eigenvalue weighted by Crippen LogP contribution is 2.10. The topological polar surface area (TPSA) is 61.2 Å². The molecule has 5 nitrogen and oxygen atoms in total. The third-order valence-electron chi connectivity index (χ3n) is 3.34. The largest absolute Gasteiger partial charge is 0.459 e. The van der Waals surface area contributed by atoms with Crippen LogP contribution >= 0.6 is 11.6 Å². The van der Waals surface area contributed by atoms with Crippen molar-refractivity contribution in [3.8, 4) is 0 Å². The molecule has 0 radical (unpaired) electrons. The first-order valence-corrected chi connectivity index (χ1v) is 7.35. The molecule has 6 heteroatoms. The molecule has 0 aliphatic heterocycles. The minimum absolute atomic E-state index is 0.131. The lowest BCUT2D eigenvalue weighted by Crippen LogP contribution is -2.25. The van der Waals surface area contributed by atoms with E-state index in [0.717, 1.165) is 5.56 Å². The zero-order valence-corrected chi connectivity index (χ0v) is 12.9. The van der Waals surface area contributed by atoms with E-state index in [4.69, 9.17) is 16.3 Å². The molecule has 116 valence electrons. The number of rotatable bonds is 4. The van der Waals surface area contributed by atoms with Gasteiger partial charge in [0.15, 0.2) is 0 Å². The second-order valence-corrected chi connectivity index (χ2v) is 5.42. The van der Waals surface area contributed by atoms with E-state index in [1.807, 2.05) is 0 Å². The Labute approximate surface area is 137 Å². The smallest absolute Gasteiger partial charge is 0.326 e. The molecule has 0 amide bonds. The van der Waals surface area contributed by atoms with Crippen LogP contribution in [0.2, 0.25) is 5.02 Å². The summed E-state index contributed by atoms with van der Waals surface area (Å²) in [5.41, 5.74) is 1.16. The minimum Gasteiger partial charge on any atom is -0.459 e. The molecule has 2 aromatic carbocycles. The lowest BCUT2D eigenvalue weighted by molar-refractivity contribution is -0.145. The molecule has 0 unspecified atom stereocenters. The van der Waals surface area contributed by atoms with Gasteiger partial charge >= 0.3 is 5.97 Å². The number of hydrogen-bond acceptors (Lipinski definition) is 4. The van der Waals surface area contributed by atoms with Gasteiger partial charge in [0, 0.05) is 5.02 Å². The molecule has 0 saturated carbocycles. The number of halogens is 1. The van der Waals surface area contributed by atoms with E-state index < -0.39 is 5.97 Å². The van der Waals surface area contributed by atoms with Crippen LogP contribution in [0.5, 0.6) is 0 Å². The van der Waals surface area contributed by atoms with Crippen molar-refractivity contribution in [2.75, 3.05) is 0 Å². The monoisotopic (exact) mass is 328 g/mol. The van der Waals surface area contributed by atoms with Crippen molar-refractivity contribution in [2.24, 2.45) is 0 Å². The molecule has 1 heterocycles. The quantitative estimate of drug-likeness (QED) is 0.691. The molecule has 0 saturated heterocycles. The number of benzene rings is 2. The molecule has 3 rings (SSSR count). The number of esters is 1. The Bertz CT molecular complexity index is 904. The van der Waals surface area contributed by atoms with Gasteiger partial charge in [-0.2, -0.15) is 0 Å². The van der Waals surface area contributed by atoms with E-state index in [9.17, 15) is 9.59 Å². The van der Waals surface area contributed by atoms with Crippen molar-refractivity contribution in [3.63, 3.8) is 0 Å². The van der Waals surface area contributed by atoms with E-state index >= 15 is 0 Å². The van der Waals surface area contributed by atoms with Gasteiger partial charge in [-0.15, -0.1) is 0 Å². The summed E-state index contributed by atoms with van der Waals surface area (Å²) in [5.74, 6) is -0.501. The number of para-hydroxylation sites is 1. The molecule has 23 heavy (non-hydrogen) atoms. The standard InChI is InChI=1S/C17H13ClN2O3/c18-13-7-5-12(6-8-13)10-23-16(21)9-20-11-19-15-4-2-1-3-14(15)17(20)22/h1-8,11H,9-10H2. The Morgan fingerprint density at radius 2 is 1.87 bits per heavy atom. The van der Waals surface area contributed by atoms with Crippen LogP contribution in [0.3, 0.4) is 0 Å². The lowest BCUT2D eigenvalue weighted by atomic mass is 10.2. The van der Waals surface area contributed by atoms with Crippen LogP contribution in [0.25, 0.3) is 10.9 Å². The summed E-state index contributed by atoms with van der Waals surface area (Å²) in [6, 6.07) is 14.0. The van der Waals surface area contributed by atoms with E-state index in [1.165, 1.54) is 10.9 Å². The molecule has 0 aliphatic carbocycles. The Balaban J connectivity index is 1.69. The number of carbonyl (C=O) groups is 1. The van der Waals surface area contributed by atoms with E-state index in [2.05, 4.69) is 4.98 Å². The first-order valence-electron chi connectivity index (χ1n) is 6.98. The summed E-state index contributed by atoms with van der Waals surface area (Å²) in [6.45, 7) is -0.0456. The fourth-order valence-corrected chi connectivity index (χ4v) is 2.27. The first kappa shape index (κ1) is 15.2. The average Bonchev–Trinajstić information content (AvgIpc) is 2.57. The van der Waals surface area contributed by atoms with Crippen LogP contribution in [-0.4, -0.2) is 15.5 Å². The lowest BCUT2D eigenvalue weighted by Gasteiger charge is -2.07. The summed E-state index contributed by atoms with van der Waals surface area (Å²) >= 11 is 5.79. The van der Waals surface area contributed by atoms with Crippen LogP contribution in [0.4, 0.5) is 0 Å².